The summed E-state index contributed by atoms with van der Waals surface area (Å²) in [6, 6.07) is 4.11. The van der Waals surface area contributed by atoms with Crippen molar-refractivity contribution in [2.75, 3.05) is 13.1 Å². The third-order valence-corrected chi connectivity index (χ3v) is 5.50. The Bertz CT molecular complexity index is 846. The van der Waals surface area contributed by atoms with Crippen molar-refractivity contribution in [1.29, 1.82) is 0 Å². The van der Waals surface area contributed by atoms with Gasteiger partial charge in [-0.3, -0.25) is 9.59 Å². The van der Waals surface area contributed by atoms with E-state index in [2.05, 4.69) is 4.98 Å². The predicted octanol–water partition coefficient (Wildman–Crippen LogP) is 3.14. The molecule has 5 nitrogen and oxygen atoms in total. The molecular formula is C17H16ClFN2O3. The van der Waals surface area contributed by atoms with Crippen molar-refractivity contribution in [2.45, 2.75) is 12.8 Å². The highest BCUT2D eigenvalue weighted by atomic mass is 35.5. The van der Waals surface area contributed by atoms with Crippen molar-refractivity contribution >= 4 is 34.4 Å². The maximum absolute atomic E-state index is 13.4. The number of likely N-dealkylation sites (tertiary alicyclic amines) is 1. The molecule has 1 aliphatic carbocycles. The molecule has 2 aliphatic rings. The van der Waals surface area contributed by atoms with E-state index in [1.54, 1.807) is 4.90 Å². The zero-order valence-electron chi connectivity index (χ0n) is 12.8. The topological polar surface area (TPSA) is 73.4 Å². The number of H-pyrrole nitrogens is 1. The molecule has 2 fully saturated rings. The van der Waals surface area contributed by atoms with E-state index in [0.29, 0.717) is 23.4 Å². The summed E-state index contributed by atoms with van der Waals surface area (Å²) in [6.07, 6.45) is 2.06. The molecule has 4 rings (SSSR count). The van der Waals surface area contributed by atoms with Gasteiger partial charge in [-0.25, -0.2) is 4.39 Å². The molecule has 126 valence electrons. The van der Waals surface area contributed by atoms with E-state index in [4.69, 9.17) is 11.6 Å². The Kier molecular flexibility index (Phi) is 3.53. The van der Waals surface area contributed by atoms with Crippen LogP contribution >= 0.6 is 11.6 Å². The fourth-order valence-electron chi connectivity index (χ4n) is 3.69. The predicted molar refractivity (Wildman–Crippen MR) is 86.5 cm³/mol. The molecular weight excluding hydrogens is 335 g/mol. The van der Waals surface area contributed by atoms with E-state index >= 15 is 0 Å². The molecule has 0 radical (unpaired) electrons. The molecule has 0 bridgehead atoms. The summed E-state index contributed by atoms with van der Waals surface area (Å²) < 4.78 is 13.4. The van der Waals surface area contributed by atoms with Gasteiger partial charge in [0.25, 0.3) is 5.91 Å². The molecule has 2 atom stereocenters. The molecule has 1 aromatic heterocycles. The third kappa shape index (κ3) is 2.45. The number of aliphatic carboxylic acids is 1. The van der Waals surface area contributed by atoms with Gasteiger partial charge in [0.15, 0.2) is 0 Å². The van der Waals surface area contributed by atoms with Crippen LogP contribution in [0, 0.1) is 23.6 Å². The molecule has 0 unspecified atom stereocenters. The van der Waals surface area contributed by atoms with Crippen LogP contribution in [0.1, 0.15) is 23.3 Å². The lowest BCUT2D eigenvalue weighted by molar-refractivity contribution is -0.142. The van der Waals surface area contributed by atoms with Gasteiger partial charge in [0.2, 0.25) is 0 Å². The maximum Gasteiger partial charge on any atom is 0.308 e. The first-order valence-corrected chi connectivity index (χ1v) is 8.32. The quantitative estimate of drug-likeness (QED) is 0.893. The van der Waals surface area contributed by atoms with E-state index in [0.717, 1.165) is 12.8 Å². The maximum atomic E-state index is 13.4. The minimum absolute atomic E-state index is 0.00653. The normalized spacial score (nSPS) is 23.8. The van der Waals surface area contributed by atoms with Crippen molar-refractivity contribution in [1.82, 2.24) is 9.88 Å². The summed E-state index contributed by atoms with van der Waals surface area (Å²) in [5, 5.41) is 10.0. The van der Waals surface area contributed by atoms with Crippen LogP contribution in [0.3, 0.4) is 0 Å². The lowest BCUT2D eigenvalue weighted by atomic mass is 9.92. The molecule has 2 heterocycles. The zero-order chi connectivity index (χ0) is 17.0. The highest BCUT2D eigenvalue weighted by Crippen LogP contribution is 2.44. The first kappa shape index (κ1) is 15.4. The van der Waals surface area contributed by atoms with Gasteiger partial charge in [-0.2, -0.15) is 0 Å². The Balaban J connectivity index is 1.64. The lowest BCUT2D eigenvalue weighted by Crippen LogP contribution is -2.30. The number of carbonyl (C=O) groups excluding carboxylic acids is 1. The van der Waals surface area contributed by atoms with Gasteiger partial charge in [-0.15, -0.1) is 0 Å². The van der Waals surface area contributed by atoms with Crippen LogP contribution in [0.4, 0.5) is 4.39 Å². The fraction of sp³-hybridized carbons (Fsp3) is 0.412. The number of aromatic nitrogens is 1. The molecule has 7 heteroatoms. The first-order chi connectivity index (χ1) is 11.5. The van der Waals surface area contributed by atoms with E-state index < -0.39 is 17.7 Å². The molecule has 1 aliphatic heterocycles. The van der Waals surface area contributed by atoms with Crippen LogP contribution < -0.4 is 0 Å². The largest absolute Gasteiger partial charge is 0.481 e. The molecule has 0 spiro atoms. The number of carboxylic acids is 1. The summed E-state index contributed by atoms with van der Waals surface area (Å²) in [4.78, 5) is 28.8. The number of nitrogens with zero attached hydrogens (tertiary/aromatic N) is 1. The molecule has 2 N–H and O–H groups in total. The van der Waals surface area contributed by atoms with Crippen molar-refractivity contribution in [3.8, 4) is 0 Å². The Morgan fingerprint density at radius 3 is 2.71 bits per heavy atom. The number of rotatable bonds is 3. The highest BCUT2D eigenvalue weighted by molar-refractivity contribution is 6.38. The molecule has 1 amide bonds. The zero-order valence-corrected chi connectivity index (χ0v) is 13.5. The summed E-state index contributed by atoms with van der Waals surface area (Å²) in [5.74, 6) is -1.73. The Labute approximate surface area is 142 Å². The van der Waals surface area contributed by atoms with Crippen molar-refractivity contribution in [2.24, 2.45) is 17.8 Å². The second kappa shape index (κ2) is 5.48. The molecule has 1 saturated carbocycles. The average Bonchev–Trinajstić information content (AvgIpc) is 3.21. The molecule has 2 aromatic rings. The number of fused-ring (bicyclic) bond motifs is 1. The number of aromatic amines is 1. The minimum atomic E-state index is -0.855. The lowest BCUT2D eigenvalue weighted by Gasteiger charge is -2.15. The molecule has 1 saturated heterocycles. The SMILES string of the molecule is O=C(O)[C@H]1CN(C(=O)c2[nH]c3ccc(F)cc3c2Cl)C[C@@H]1C1CC1. The Morgan fingerprint density at radius 2 is 2.04 bits per heavy atom. The first-order valence-electron chi connectivity index (χ1n) is 7.94. The van der Waals surface area contributed by atoms with E-state index in [9.17, 15) is 19.1 Å². The third-order valence-electron chi connectivity index (χ3n) is 5.11. The van der Waals surface area contributed by atoms with Crippen LogP contribution in [0.2, 0.25) is 5.02 Å². The second-order valence-corrected chi connectivity index (χ2v) is 7.04. The van der Waals surface area contributed by atoms with Crippen LogP contribution in [-0.4, -0.2) is 40.0 Å². The van der Waals surface area contributed by atoms with Crippen molar-refractivity contribution in [3.63, 3.8) is 0 Å². The van der Waals surface area contributed by atoms with Gasteiger partial charge in [-0.1, -0.05) is 11.6 Å². The highest BCUT2D eigenvalue weighted by Gasteiger charge is 2.47. The number of benzene rings is 1. The van der Waals surface area contributed by atoms with Gasteiger partial charge in [0, 0.05) is 24.0 Å². The average molecular weight is 351 g/mol. The Morgan fingerprint density at radius 1 is 1.29 bits per heavy atom. The van der Waals surface area contributed by atoms with Gasteiger partial charge in [0.1, 0.15) is 11.5 Å². The van der Waals surface area contributed by atoms with E-state index in [-0.39, 0.29) is 29.1 Å². The standard InChI is InChI=1S/C17H16ClFN2O3/c18-14-10-5-9(19)3-4-13(10)20-15(14)16(22)21-6-11(8-1-2-8)12(7-21)17(23)24/h3-5,8,11-12,20H,1-2,6-7H2,(H,23,24)/t11-,12+/m1/s1. The molecule has 1 aromatic carbocycles. The van der Waals surface area contributed by atoms with Gasteiger partial charge < -0.3 is 15.0 Å². The number of halogens is 2. The Hall–Kier alpha value is -2.08. The van der Waals surface area contributed by atoms with Crippen molar-refractivity contribution in [3.05, 3.63) is 34.7 Å². The van der Waals surface area contributed by atoms with Gasteiger partial charge in [0.05, 0.1) is 10.9 Å². The fourth-order valence-corrected chi connectivity index (χ4v) is 3.98. The van der Waals surface area contributed by atoms with Crippen LogP contribution in [0.15, 0.2) is 18.2 Å². The van der Waals surface area contributed by atoms with Gasteiger partial charge >= 0.3 is 5.97 Å². The van der Waals surface area contributed by atoms with Crippen LogP contribution in [0.25, 0.3) is 10.9 Å². The molecule has 24 heavy (non-hydrogen) atoms. The minimum Gasteiger partial charge on any atom is -0.481 e. The van der Waals surface area contributed by atoms with E-state index in [1.165, 1.54) is 18.2 Å². The summed E-state index contributed by atoms with van der Waals surface area (Å²) in [6.45, 7) is 0.621. The van der Waals surface area contributed by atoms with Crippen LogP contribution in [-0.2, 0) is 4.79 Å². The van der Waals surface area contributed by atoms with E-state index in [1.807, 2.05) is 0 Å². The number of carboxylic acid groups (broad SMARTS) is 1. The van der Waals surface area contributed by atoms with Crippen molar-refractivity contribution < 1.29 is 19.1 Å². The number of amides is 1. The summed E-state index contributed by atoms with van der Waals surface area (Å²) in [5.41, 5.74) is 0.773. The number of nitrogens with one attached hydrogen (secondary N) is 1. The smallest absolute Gasteiger partial charge is 0.308 e. The number of hydrogen-bond acceptors (Lipinski definition) is 2. The van der Waals surface area contributed by atoms with Crippen LogP contribution in [0.5, 0.6) is 0 Å². The number of carbonyl (C=O) groups is 2. The second-order valence-electron chi connectivity index (χ2n) is 6.66. The monoisotopic (exact) mass is 350 g/mol. The number of hydrogen-bond donors (Lipinski definition) is 2. The van der Waals surface area contributed by atoms with Gasteiger partial charge in [-0.05, 0) is 42.9 Å². The summed E-state index contributed by atoms with van der Waals surface area (Å²) in [7, 11) is 0. The summed E-state index contributed by atoms with van der Waals surface area (Å²) >= 11 is 6.25.